The third-order valence-corrected chi connectivity index (χ3v) is 2.30. The van der Waals surface area contributed by atoms with E-state index in [0.29, 0.717) is 29.6 Å². The van der Waals surface area contributed by atoms with E-state index in [1.807, 2.05) is 0 Å². The molecule has 0 heterocycles. The summed E-state index contributed by atoms with van der Waals surface area (Å²) >= 11 is 5.81. The van der Waals surface area contributed by atoms with Gasteiger partial charge in [-0.15, -0.1) is 0 Å². The van der Waals surface area contributed by atoms with Crippen LogP contribution in [0.5, 0.6) is 5.75 Å². The lowest BCUT2D eigenvalue weighted by Crippen LogP contribution is -2.31. The summed E-state index contributed by atoms with van der Waals surface area (Å²) in [7, 11) is 1.57. The number of nitrogen functional groups attached to an aromatic ring is 1. The van der Waals surface area contributed by atoms with Crippen LogP contribution in [0.2, 0.25) is 5.02 Å². The fourth-order valence-electron chi connectivity index (χ4n) is 1.09. The summed E-state index contributed by atoms with van der Waals surface area (Å²) in [6.07, 6.45) is 0. The Balaban J connectivity index is 2.34. The number of methoxy groups -OCH3 is 1. The topological polar surface area (TPSA) is 73.6 Å². The molecule has 94 valence electrons. The number of nitrogens with one attached hydrogen (secondary N) is 1. The van der Waals surface area contributed by atoms with Crippen molar-refractivity contribution in [3.05, 3.63) is 23.2 Å². The molecule has 0 aliphatic heterocycles. The van der Waals surface area contributed by atoms with Crippen molar-refractivity contribution >= 4 is 23.2 Å². The lowest BCUT2D eigenvalue weighted by Gasteiger charge is -2.08. The van der Waals surface area contributed by atoms with Crippen molar-refractivity contribution in [1.29, 1.82) is 0 Å². The Morgan fingerprint density at radius 2 is 2.29 bits per heavy atom. The van der Waals surface area contributed by atoms with Gasteiger partial charge in [0.25, 0.3) is 5.91 Å². The van der Waals surface area contributed by atoms with Gasteiger partial charge in [0.2, 0.25) is 0 Å². The van der Waals surface area contributed by atoms with Crippen LogP contribution < -0.4 is 15.8 Å². The molecule has 6 heteroatoms. The molecule has 0 saturated carbocycles. The van der Waals surface area contributed by atoms with Crippen LogP contribution in [0.25, 0.3) is 0 Å². The summed E-state index contributed by atoms with van der Waals surface area (Å²) in [6, 6.07) is 4.85. The van der Waals surface area contributed by atoms with Gasteiger partial charge >= 0.3 is 0 Å². The summed E-state index contributed by atoms with van der Waals surface area (Å²) in [5.41, 5.74) is 6.02. The number of carbonyl (C=O) groups excluding carboxylic acids is 1. The van der Waals surface area contributed by atoms with E-state index in [1.54, 1.807) is 25.3 Å². The molecule has 0 bridgehead atoms. The van der Waals surface area contributed by atoms with Crippen molar-refractivity contribution in [3.8, 4) is 5.75 Å². The molecule has 0 fully saturated rings. The first-order valence-corrected chi connectivity index (χ1v) is 5.44. The second kappa shape index (κ2) is 6.98. The summed E-state index contributed by atoms with van der Waals surface area (Å²) < 4.78 is 10.0. The molecule has 1 amide bonds. The number of ether oxygens (including phenoxy) is 2. The molecule has 5 nitrogen and oxygen atoms in total. The van der Waals surface area contributed by atoms with Gasteiger partial charge in [-0.1, -0.05) is 11.6 Å². The Hall–Kier alpha value is -1.46. The average molecular weight is 259 g/mol. The van der Waals surface area contributed by atoms with Crippen LogP contribution in [-0.2, 0) is 9.53 Å². The minimum absolute atomic E-state index is 0.0655. The second-order valence-electron chi connectivity index (χ2n) is 3.31. The van der Waals surface area contributed by atoms with Crippen molar-refractivity contribution in [1.82, 2.24) is 5.32 Å². The molecule has 1 aromatic rings. The molecule has 0 aliphatic carbocycles. The highest BCUT2D eigenvalue weighted by atomic mass is 35.5. The Labute approximate surface area is 105 Å². The molecule has 17 heavy (non-hydrogen) atoms. The smallest absolute Gasteiger partial charge is 0.258 e. The van der Waals surface area contributed by atoms with Gasteiger partial charge < -0.3 is 20.5 Å². The van der Waals surface area contributed by atoms with Gasteiger partial charge in [0.05, 0.1) is 17.3 Å². The van der Waals surface area contributed by atoms with E-state index < -0.39 is 0 Å². The van der Waals surface area contributed by atoms with E-state index in [1.165, 1.54) is 0 Å². The minimum Gasteiger partial charge on any atom is -0.484 e. The quantitative estimate of drug-likeness (QED) is 0.591. The van der Waals surface area contributed by atoms with Crippen LogP contribution in [0.4, 0.5) is 5.69 Å². The molecule has 0 spiro atoms. The molecule has 0 aromatic heterocycles. The lowest BCUT2D eigenvalue weighted by atomic mass is 10.3. The zero-order chi connectivity index (χ0) is 12.7. The Kier molecular flexibility index (Phi) is 5.59. The highest BCUT2D eigenvalue weighted by molar-refractivity contribution is 6.33. The lowest BCUT2D eigenvalue weighted by molar-refractivity contribution is -0.123. The number of halogens is 1. The van der Waals surface area contributed by atoms with E-state index in [4.69, 9.17) is 26.8 Å². The third-order valence-electron chi connectivity index (χ3n) is 1.97. The first-order valence-electron chi connectivity index (χ1n) is 5.07. The molecule has 0 radical (unpaired) electrons. The van der Waals surface area contributed by atoms with Gasteiger partial charge in [0.1, 0.15) is 5.75 Å². The van der Waals surface area contributed by atoms with Crippen LogP contribution in [-0.4, -0.2) is 32.8 Å². The number of amides is 1. The number of rotatable bonds is 6. The third kappa shape index (κ3) is 4.93. The second-order valence-corrected chi connectivity index (χ2v) is 3.72. The Bertz CT molecular complexity index is 385. The number of hydrogen-bond donors (Lipinski definition) is 2. The van der Waals surface area contributed by atoms with Gasteiger partial charge in [-0.3, -0.25) is 4.79 Å². The van der Waals surface area contributed by atoms with Crippen molar-refractivity contribution < 1.29 is 14.3 Å². The van der Waals surface area contributed by atoms with Gasteiger partial charge in [0, 0.05) is 19.7 Å². The van der Waals surface area contributed by atoms with Crippen LogP contribution in [0.3, 0.4) is 0 Å². The van der Waals surface area contributed by atoms with Crippen molar-refractivity contribution in [2.24, 2.45) is 0 Å². The first kappa shape index (κ1) is 13.6. The highest BCUT2D eigenvalue weighted by Crippen LogP contribution is 2.23. The predicted molar refractivity (Wildman–Crippen MR) is 66.2 cm³/mol. The van der Waals surface area contributed by atoms with Gasteiger partial charge in [-0.25, -0.2) is 0 Å². The molecule has 0 atom stereocenters. The predicted octanol–water partition coefficient (Wildman–Crippen LogP) is 1.06. The number of anilines is 1. The van der Waals surface area contributed by atoms with Crippen molar-refractivity contribution in [2.75, 3.05) is 32.6 Å². The first-order chi connectivity index (χ1) is 8.13. The molecular formula is C11H15ClN2O3. The number of carbonyl (C=O) groups is 1. The van der Waals surface area contributed by atoms with Crippen molar-refractivity contribution in [2.45, 2.75) is 0 Å². The molecule has 3 N–H and O–H groups in total. The maximum atomic E-state index is 11.3. The van der Waals surface area contributed by atoms with Crippen LogP contribution in [0.1, 0.15) is 0 Å². The SMILES string of the molecule is COCCNC(=O)COc1ccc(N)c(Cl)c1. The molecular weight excluding hydrogens is 244 g/mol. The molecule has 1 aromatic carbocycles. The maximum Gasteiger partial charge on any atom is 0.258 e. The van der Waals surface area contributed by atoms with Gasteiger partial charge in [0.15, 0.2) is 6.61 Å². The number of nitrogens with two attached hydrogens (primary N) is 1. The highest BCUT2D eigenvalue weighted by Gasteiger charge is 2.03. The normalized spacial score (nSPS) is 10.0. The summed E-state index contributed by atoms with van der Waals surface area (Å²) in [4.78, 5) is 11.3. The fourth-order valence-corrected chi connectivity index (χ4v) is 1.26. The fraction of sp³-hybridized carbons (Fsp3) is 0.364. The Morgan fingerprint density at radius 3 is 2.94 bits per heavy atom. The summed E-state index contributed by atoms with van der Waals surface area (Å²) in [5.74, 6) is 0.293. The van der Waals surface area contributed by atoms with E-state index >= 15 is 0 Å². The minimum atomic E-state index is -0.213. The van der Waals surface area contributed by atoms with E-state index in [2.05, 4.69) is 5.32 Å². The van der Waals surface area contributed by atoms with Gasteiger partial charge in [-0.2, -0.15) is 0 Å². The van der Waals surface area contributed by atoms with Crippen LogP contribution in [0, 0.1) is 0 Å². The molecule has 0 saturated heterocycles. The number of hydrogen-bond acceptors (Lipinski definition) is 4. The Morgan fingerprint density at radius 1 is 1.53 bits per heavy atom. The zero-order valence-corrected chi connectivity index (χ0v) is 10.3. The maximum absolute atomic E-state index is 11.3. The summed E-state index contributed by atoms with van der Waals surface area (Å²) in [6.45, 7) is 0.866. The monoisotopic (exact) mass is 258 g/mol. The number of benzene rings is 1. The van der Waals surface area contributed by atoms with Gasteiger partial charge in [-0.05, 0) is 12.1 Å². The summed E-state index contributed by atoms with van der Waals surface area (Å²) in [5, 5.41) is 3.04. The van der Waals surface area contributed by atoms with Crippen molar-refractivity contribution in [3.63, 3.8) is 0 Å². The molecule has 1 rings (SSSR count). The largest absolute Gasteiger partial charge is 0.484 e. The average Bonchev–Trinajstić information content (AvgIpc) is 2.31. The molecule has 0 unspecified atom stereocenters. The van der Waals surface area contributed by atoms with Crippen LogP contribution in [0.15, 0.2) is 18.2 Å². The van der Waals surface area contributed by atoms with E-state index in [0.717, 1.165) is 0 Å². The zero-order valence-electron chi connectivity index (χ0n) is 9.53. The van der Waals surface area contributed by atoms with E-state index in [9.17, 15) is 4.79 Å². The standard InChI is InChI=1S/C11H15ClN2O3/c1-16-5-4-14-11(15)7-17-8-2-3-10(13)9(12)6-8/h2-3,6H,4-5,7,13H2,1H3,(H,14,15). The molecule has 0 aliphatic rings. The van der Waals surface area contributed by atoms with E-state index in [-0.39, 0.29) is 12.5 Å². The van der Waals surface area contributed by atoms with Crippen LogP contribution >= 0.6 is 11.6 Å².